The van der Waals surface area contributed by atoms with Crippen molar-refractivity contribution in [1.29, 1.82) is 0 Å². The molecule has 0 aromatic heterocycles. The van der Waals surface area contributed by atoms with Crippen molar-refractivity contribution in [1.82, 2.24) is 4.90 Å². The molecule has 4 nitrogen and oxygen atoms in total. The summed E-state index contributed by atoms with van der Waals surface area (Å²) in [6.07, 6.45) is 1.96. The number of benzene rings is 2. The summed E-state index contributed by atoms with van der Waals surface area (Å²) in [4.78, 5) is 25.8. The molecule has 2 atom stereocenters. The second-order valence-corrected chi connectivity index (χ2v) is 6.85. The van der Waals surface area contributed by atoms with Gasteiger partial charge < -0.3 is 9.64 Å². The number of rotatable bonds is 4. The minimum absolute atomic E-state index is 0.0154. The Morgan fingerprint density at radius 2 is 1.88 bits per heavy atom. The number of nitrogens with zero attached hydrogens (tertiary/aromatic N) is 1. The van der Waals surface area contributed by atoms with Crippen LogP contribution in [0.2, 0.25) is 0 Å². The lowest BCUT2D eigenvalue weighted by molar-refractivity contribution is -0.136. The van der Waals surface area contributed by atoms with Gasteiger partial charge in [0.25, 0.3) is 5.91 Å². The second-order valence-electron chi connectivity index (χ2n) is 6.85. The van der Waals surface area contributed by atoms with Gasteiger partial charge >= 0.3 is 0 Å². The van der Waals surface area contributed by atoms with Crippen LogP contribution in [-0.2, 0) is 4.79 Å². The zero-order valence-corrected chi connectivity index (χ0v) is 14.2. The summed E-state index contributed by atoms with van der Waals surface area (Å²) < 4.78 is 5.70. The number of amides is 1. The summed E-state index contributed by atoms with van der Waals surface area (Å²) >= 11 is 0. The predicted octanol–water partition coefficient (Wildman–Crippen LogP) is 3.54. The van der Waals surface area contributed by atoms with Gasteiger partial charge in [0, 0.05) is 13.1 Å². The van der Waals surface area contributed by atoms with E-state index in [4.69, 9.17) is 4.74 Å². The minimum atomic E-state index is -0.0291. The number of fused-ring (bicyclic) bond motifs is 1. The van der Waals surface area contributed by atoms with Crippen LogP contribution in [0.4, 0.5) is 0 Å². The van der Waals surface area contributed by atoms with Crippen molar-refractivity contribution < 1.29 is 14.3 Å². The van der Waals surface area contributed by atoms with E-state index in [-0.39, 0.29) is 12.5 Å². The maximum absolute atomic E-state index is 12.4. The van der Waals surface area contributed by atoms with Crippen molar-refractivity contribution in [2.75, 3.05) is 19.7 Å². The van der Waals surface area contributed by atoms with Crippen LogP contribution >= 0.6 is 0 Å². The highest BCUT2D eigenvalue weighted by atomic mass is 16.5. The molecule has 1 saturated heterocycles. The molecule has 1 heterocycles. The lowest BCUT2D eigenvalue weighted by Gasteiger charge is -2.34. The van der Waals surface area contributed by atoms with E-state index < -0.39 is 0 Å². The zero-order valence-electron chi connectivity index (χ0n) is 14.2. The van der Waals surface area contributed by atoms with Gasteiger partial charge in [0.15, 0.2) is 12.9 Å². The standard InChI is InChI=1S/C20H23NO3/c1-14-9-15(2)11-21(10-14)20(23)13-24-19-8-7-16-5-3-4-6-17(16)18(19)12-22/h3-8,12,14-15H,9-11,13H2,1-2H3/t14-,15+. The summed E-state index contributed by atoms with van der Waals surface area (Å²) in [6, 6.07) is 11.3. The molecule has 1 amide bonds. The second kappa shape index (κ2) is 7.04. The van der Waals surface area contributed by atoms with E-state index in [0.29, 0.717) is 23.1 Å². The van der Waals surface area contributed by atoms with Crippen LogP contribution in [0.5, 0.6) is 5.75 Å². The molecule has 2 aromatic rings. The van der Waals surface area contributed by atoms with Crippen LogP contribution in [0.3, 0.4) is 0 Å². The van der Waals surface area contributed by atoms with Crippen molar-refractivity contribution in [2.24, 2.45) is 11.8 Å². The smallest absolute Gasteiger partial charge is 0.260 e. The molecule has 0 aliphatic carbocycles. The number of piperidine rings is 1. The molecule has 126 valence electrons. The molecular formula is C20H23NO3. The molecule has 1 aliphatic heterocycles. The molecule has 24 heavy (non-hydrogen) atoms. The summed E-state index contributed by atoms with van der Waals surface area (Å²) in [5.41, 5.74) is 0.501. The third kappa shape index (κ3) is 3.42. The van der Waals surface area contributed by atoms with Crippen LogP contribution in [-0.4, -0.2) is 36.8 Å². The maximum atomic E-state index is 12.4. The molecule has 0 N–H and O–H groups in total. The Labute approximate surface area is 142 Å². The molecule has 0 unspecified atom stereocenters. The Hall–Kier alpha value is -2.36. The van der Waals surface area contributed by atoms with E-state index in [1.807, 2.05) is 35.2 Å². The number of carbonyl (C=O) groups excluding carboxylic acids is 2. The summed E-state index contributed by atoms with van der Waals surface area (Å²) in [7, 11) is 0. The fourth-order valence-corrected chi connectivity index (χ4v) is 3.62. The van der Waals surface area contributed by atoms with Gasteiger partial charge in [-0.05, 0) is 35.1 Å². The van der Waals surface area contributed by atoms with E-state index in [1.54, 1.807) is 6.07 Å². The maximum Gasteiger partial charge on any atom is 0.260 e. The summed E-state index contributed by atoms with van der Waals surface area (Å²) in [5.74, 6) is 1.49. The summed E-state index contributed by atoms with van der Waals surface area (Å²) in [5, 5.41) is 1.83. The largest absolute Gasteiger partial charge is 0.483 e. The average Bonchev–Trinajstić information content (AvgIpc) is 2.58. The number of carbonyl (C=O) groups is 2. The molecular weight excluding hydrogens is 302 g/mol. The van der Waals surface area contributed by atoms with E-state index >= 15 is 0 Å². The molecule has 4 heteroatoms. The molecule has 0 radical (unpaired) electrons. The van der Waals surface area contributed by atoms with Crippen LogP contribution < -0.4 is 4.74 Å². The molecule has 1 aliphatic rings. The Balaban J connectivity index is 1.73. The molecule has 3 rings (SSSR count). The van der Waals surface area contributed by atoms with Crippen LogP contribution in [0.1, 0.15) is 30.6 Å². The molecule has 0 bridgehead atoms. The Morgan fingerprint density at radius 3 is 2.58 bits per heavy atom. The zero-order chi connectivity index (χ0) is 17.1. The fraction of sp³-hybridized carbons (Fsp3) is 0.400. The van der Waals surface area contributed by atoms with E-state index in [2.05, 4.69) is 13.8 Å². The number of hydrogen-bond acceptors (Lipinski definition) is 3. The highest BCUT2D eigenvalue weighted by Crippen LogP contribution is 2.27. The average molecular weight is 325 g/mol. The number of ether oxygens (including phenoxy) is 1. The van der Waals surface area contributed by atoms with E-state index in [0.717, 1.165) is 36.6 Å². The van der Waals surface area contributed by atoms with Gasteiger partial charge in [-0.2, -0.15) is 0 Å². The van der Waals surface area contributed by atoms with Gasteiger partial charge in [-0.15, -0.1) is 0 Å². The van der Waals surface area contributed by atoms with Gasteiger partial charge in [0.1, 0.15) is 5.75 Å². The van der Waals surface area contributed by atoms with Crippen molar-refractivity contribution >= 4 is 23.0 Å². The van der Waals surface area contributed by atoms with Gasteiger partial charge in [-0.3, -0.25) is 9.59 Å². The predicted molar refractivity (Wildman–Crippen MR) is 94.4 cm³/mol. The van der Waals surface area contributed by atoms with Gasteiger partial charge in [-0.1, -0.05) is 44.2 Å². The topological polar surface area (TPSA) is 46.6 Å². The first-order valence-corrected chi connectivity index (χ1v) is 8.46. The monoisotopic (exact) mass is 325 g/mol. The SMILES string of the molecule is C[C@@H]1C[C@H](C)CN(C(=O)COc2ccc3ccccc3c2C=O)C1. The van der Waals surface area contributed by atoms with E-state index in [1.165, 1.54) is 0 Å². The Kier molecular flexibility index (Phi) is 4.84. The first kappa shape index (κ1) is 16.5. The third-order valence-electron chi connectivity index (χ3n) is 4.62. The lowest BCUT2D eigenvalue weighted by Crippen LogP contribution is -2.44. The molecule has 0 saturated carbocycles. The highest BCUT2D eigenvalue weighted by Gasteiger charge is 2.25. The number of likely N-dealkylation sites (tertiary alicyclic amines) is 1. The van der Waals surface area contributed by atoms with E-state index in [9.17, 15) is 9.59 Å². The quantitative estimate of drug-likeness (QED) is 0.808. The van der Waals surface area contributed by atoms with Crippen molar-refractivity contribution in [3.05, 3.63) is 42.0 Å². The van der Waals surface area contributed by atoms with Crippen LogP contribution in [0.25, 0.3) is 10.8 Å². The van der Waals surface area contributed by atoms with Gasteiger partial charge in [-0.25, -0.2) is 0 Å². The summed E-state index contributed by atoms with van der Waals surface area (Å²) in [6.45, 7) is 5.88. The van der Waals surface area contributed by atoms with Crippen LogP contribution in [0, 0.1) is 11.8 Å². The first-order valence-electron chi connectivity index (χ1n) is 8.46. The highest BCUT2D eigenvalue weighted by molar-refractivity contribution is 6.00. The number of hydrogen-bond donors (Lipinski definition) is 0. The molecule has 2 aromatic carbocycles. The van der Waals surface area contributed by atoms with Gasteiger partial charge in [0.2, 0.25) is 0 Å². The molecule has 1 fully saturated rings. The normalized spacial score (nSPS) is 20.8. The van der Waals surface area contributed by atoms with Crippen molar-refractivity contribution in [3.63, 3.8) is 0 Å². The Morgan fingerprint density at radius 1 is 1.17 bits per heavy atom. The molecule has 0 spiro atoms. The fourth-order valence-electron chi connectivity index (χ4n) is 3.62. The van der Waals surface area contributed by atoms with Crippen LogP contribution in [0.15, 0.2) is 36.4 Å². The van der Waals surface area contributed by atoms with Gasteiger partial charge in [0.05, 0.1) is 5.56 Å². The first-order chi connectivity index (χ1) is 11.6. The lowest BCUT2D eigenvalue weighted by atomic mass is 9.92. The Bertz CT molecular complexity index is 746. The van der Waals surface area contributed by atoms with Crippen molar-refractivity contribution in [3.8, 4) is 5.75 Å². The number of aldehydes is 1. The third-order valence-corrected chi connectivity index (χ3v) is 4.62. The van der Waals surface area contributed by atoms with Crippen molar-refractivity contribution in [2.45, 2.75) is 20.3 Å². The minimum Gasteiger partial charge on any atom is -0.483 e.